The first-order chi connectivity index (χ1) is 14.3. The lowest BCUT2D eigenvalue weighted by atomic mass is 9.76. The molecule has 1 aromatic carbocycles. The number of hydrogen-bond donors (Lipinski definition) is 1. The molecule has 7 nitrogen and oxygen atoms in total. The van der Waals surface area contributed by atoms with Crippen LogP contribution in [0.3, 0.4) is 0 Å². The molecule has 0 radical (unpaired) electrons. The molecule has 1 N–H and O–H groups in total. The van der Waals surface area contributed by atoms with Crippen LogP contribution in [0.25, 0.3) is 0 Å². The first kappa shape index (κ1) is 26.1. The van der Waals surface area contributed by atoms with Crippen molar-refractivity contribution in [2.24, 2.45) is 5.10 Å². The van der Waals surface area contributed by atoms with E-state index in [2.05, 4.69) is 16.7 Å². The van der Waals surface area contributed by atoms with Crippen molar-refractivity contribution in [1.82, 2.24) is 9.91 Å². The van der Waals surface area contributed by atoms with Crippen molar-refractivity contribution in [2.45, 2.75) is 24.8 Å². The summed E-state index contributed by atoms with van der Waals surface area (Å²) in [6, 6.07) is 2.69. The van der Waals surface area contributed by atoms with Crippen LogP contribution in [-0.2, 0) is 9.53 Å². The van der Waals surface area contributed by atoms with Gasteiger partial charge in [0.2, 0.25) is 5.82 Å². The Morgan fingerprint density at radius 2 is 1.87 bits per heavy atom. The van der Waals surface area contributed by atoms with Gasteiger partial charge in [0.15, 0.2) is 17.1 Å². The van der Waals surface area contributed by atoms with E-state index in [1.54, 1.807) is 7.11 Å². The quantitative estimate of drug-likeness (QED) is 0.318. The molecule has 0 aromatic heterocycles. The van der Waals surface area contributed by atoms with Crippen LogP contribution in [-0.4, -0.2) is 86.6 Å². The summed E-state index contributed by atoms with van der Waals surface area (Å²) in [6.07, 6.45) is 4.34. The van der Waals surface area contributed by atoms with Crippen molar-refractivity contribution in [3.8, 4) is 5.75 Å². The predicted octanol–water partition coefficient (Wildman–Crippen LogP) is 3.05. The van der Waals surface area contributed by atoms with Gasteiger partial charge in [0.1, 0.15) is 6.61 Å². The van der Waals surface area contributed by atoms with E-state index in [0.29, 0.717) is 32.5 Å². The molecule has 0 heterocycles. The van der Waals surface area contributed by atoms with Gasteiger partial charge >= 0.3 is 5.97 Å². The van der Waals surface area contributed by atoms with E-state index in [0.717, 1.165) is 12.6 Å². The summed E-state index contributed by atoms with van der Waals surface area (Å²) < 4.78 is 38.9. The standard InChI is InChI=1S/C19H27F2N3O4.CH3Cl/c1-23(9-11-27-3)10-12-28-15-6-5-14(16(20)17(15)21)13-22-24(2)19(18(25)26)7-4-8-19;1-2/h5-6,13H,4,7-12H2,1-3H3,(H,25,26);1H3/b22-13+;. The van der Waals surface area contributed by atoms with Gasteiger partial charge in [0.25, 0.3) is 0 Å². The number of carboxylic acid groups (broad SMARTS) is 1. The molecule has 1 fully saturated rings. The third kappa shape index (κ3) is 6.52. The summed E-state index contributed by atoms with van der Waals surface area (Å²) in [7, 11) is 5.01. The highest BCUT2D eigenvalue weighted by molar-refractivity contribution is 6.15. The molecular weight excluding hydrogens is 420 g/mol. The minimum absolute atomic E-state index is 0.0752. The van der Waals surface area contributed by atoms with Crippen LogP contribution in [0.15, 0.2) is 17.2 Å². The number of carboxylic acids is 1. The molecule has 10 heteroatoms. The van der Waals surface area contributed by atoms with Crippen molar-refractivity contribution in [2.75, 3.05) is 53.9 Å². The number of nitrogens with zero attached hydrogens (tertiary/aromatic N) is 3. The van der Waals surface area contributed by atoms with Gasteiger partial charge in [-0.25, -0.2) is 9.18 Å². The van der Waals surface area contributed by atoms with Crippen molar-refractivity contribution in [3.63, 3.8) is 0 Å². The smallest absolute Gasteiger partial charge is 0.331 e. The van der Waals surface area contributed by atoms with Gasteiger partial charge in [0.05, 0.1) is 12.8 Å². The fourth-order valence-corrected chi connectivity index (χ4v) is 2.88. The molecule has 0 unspecified atom stereocenters. The number of methoxy groups -OCH3 is 1. The number of alkyl halides is 1. The summed E-state index contributed by atoms with van der Waals surface area (Å²) in [5.41, 5.74) is -1.14. The van der Waals surface area contributed by atoms with E-state index in [1.165, 1.54) is 30.6 Å². The Bertz CT molecular complexity index is 718. The second-order valence-electron chi connectivity index (χ2n) is 6.88. The predicted molar refractivity (Wildman–Crippen MR) is 113 cm³/mol. The second kappa shape index (κ2) is 12.7. The fraction of sp³-hybridized carbons (Fsp3) is 0.600. The molecule has 1 aliphatic carbocycles. The molecule has 1 aliphatic rings. The van der Waals surface area contributed by atoms with Gasteiger partial charge in [-0.1, -0.05) is 0 Å². The van der Waals surface area contributed by atoms with Crippen molar-refractivity contribution < 1.29 is 28.2 Å². The average molecular weight is 450 g/mol. The lowest BCUT2D eigenvalue weighted by Crippen LogP contribution is -2.55. The van der Waals surface area contributed by atoms with E-state index in [-0.39, 0.29) is 17.9 Å². The molecule has 0 aliphatic heterocycles. The van der Waals surface area contributed by atoms with Gasteiger partial charge in [-0.15, -0.1) is 11.6 Å². The van der Waals surface area contributed by atoms with Crippen LogP contribution in [0.1, 0.15) is 24.8 Å². The highest BCUT2D eigenvalue weighted by Crippen LogP contribution is 2.37. The third-order valence-corrected chi connectivity index (χ3v) is 5.05. The number of rotatable bonds is 11. The lowest BCUT2D eigenvalue weighted by molar-refractivity contribution is -0.156. The number of hydrogen-bond acceptors (Lipinski definition) is 6. The van der Waals surface area contributed by atoms with Gasteiger partial charge in [-0.3, -0.25) is 5.01 Å². The topological polar surface area (TPSA) is 74.6 Å². The Morgan fingerprint density at radius 3 is 2.40 bits per heavy atom. The molecule has 30 heavy (non-hydrogen) atoms. The molecule has 0 saturated heterocycles. The molecule has 170 valence electrons. The van der Waals surface area contributed by atoms with Crippen molar-refractivity contribution in [1.29, 1.82) is 0 Å². The summed E-state index contributed by atoms with van der Waals surface area (Å²) >= 11 is 4.64. The Balaban J connectivity index is 0.00000218. The number of benzene rings is 1. The summed E-state index contributed by atoms with van der Waals surface area (Å²) in [6.45, 7) is 2.02. The molecule has 0 bridgehead atoms. The van der Waals surface area contributed by atoms with Gasteiger partial charge in [-0.2, -0.15) is 9.49 Å². The van der Waals surface area contributed by atoms with E-state index in [9.17, 15) is 18.7 Å². The Kier molecular flexibility index (Phi) is 11.0. The minimum atomic E-state index is -1.09. The maximum atomic E-state index is 14.3. The monoisotopic (exact) mass is 449 g/mol. The largest absolute Gasteiger partial charge is 0.489 e. The van der Waals surface area contributed by atoms with Crippen LogP contribution in [0, 0.1) is 11.6 Å². The Labute approximate surface area is 181 Å². The first-order valence-corrected chi connectivity index (χ1v) is 10.2. The fourth-order valence-electron chi connectivity index (χ4n) is 2.88. The number of ether oxygens (including phenoxy) is 2. The molecule has 1 saturated carbocycles. The van der Waals surface area contributed by atoms with E-state index >= 15 is 0 Å². The Morgan fingerprint density at radius 1 is 1.23 bits per heavy atom. The minimum Gasteiger partial charge on any atom is -0.489 e. The highest BCUT2D eigenvalue weighted by atomic mass is 35.5. The zero-order valence-electron chi connectivity index (χ0n) is 17.8. The molecule has 0 amide bonds. The highest BCUT2D eigenvalue weighted by Gasteiger charge is 2.48. The zero-order chi connectivity index (χ0) is 22.7. The Hall–Kier alpha value is -1.97. The average Bonchev–Trinajstić information content (AvgIpc) is 2.69. The number of likely N-dealkylation sites (N-methyl/N-ethyl adjacent to an activating group) is 2. The van der Waals surface area contributed by atoms with Crippen LogP contribution in [0.2, 0.25) is 0 Å². The summed E-state index contributed by atoms with van der Waals surface area (Å²) in [5.74, 6) is -3.32. The molecule has 0 spiro atoms. The third-order valence-electron chi connectivity index (χ3n) is 5.05. The van der Waals surface area contributed by atoms with Crippen LogP contribution < -0.4 is 4.74 Å². The van der Waals surface area contributed by atoms with E-state index < -0.39 is 23.1 Å². The van der Waals surface area contributed by atoms with Crippen LogP contribution in [0.5, 0.6) is 5.75 Å². The van der Waals surface area contributed by atoms with Crippen LogP contribution in [0.4, 0.5) is 8.78 Å². The molecule has 0 atom stereocenters. The van der Waals surface area contributed by atoms with Gasteiger partial charge in [-0.05, 0) is 38.4 Å². The number of carbonyl (C=O) groups is 1. The molecular formula is C20H30ClF2N3O4. The van der Waals surface area contributed by atoms with Crippen LogP contribution >= 0.6 is 11.6 Å². The number of halogens is 3. The second-order valence-corrected chi connectivity index (χ2v) is 6.88. The van der Waals surface area contributed by atoms with Gasteiger partial charge in [0, 0.05) is 39.2 Å². The molecule has 1 aromatic rings. The summed E-state index contributed by atoms with van der Waals surface area (Å²) in [4.78, 5) is 13.4. The van der Waals surface area contributed by atoms with Crippen molar-refractivity contribution in [3.05, 3.63) is 29.3 Å². The van der Waals surface area contributed by atoms with Gasteiger partial charge < -0.3 is 19.5 Å². The maximum absolute atomic E-state index is 14.3. The number of hydrazone groups is 1. The zero-order valence-corrected chi connectivity index (χ0v) is 18.6. The SMILES string of the molecule is CCl.COCCN(C)CCOc1ccc(/C=N/N(C)C2(C(=O)O)CCC2)c(F)c1F. The molecule has 2 rings (SSSR count). The normalized spacial score (nSPS) is 14.8. The lowest BCUT2D eigenvalue weighted by Gasteiger charge is -2.43. The van der Waals surface area contributed by atoms with Crippen molar-refractivity contribution >= 4 is 23.8 Å². The van der Waals surface area contributed by atoms with E-state index in [1.807, 2.05) is 11.9 Å². The maximum Gasteiger partial charge on any atom is 0.331 e. The number of aliphatic carboxylic acids is 1. The first-order valence-electron chi connectivity index (χ1n) is 9.49. The van der Waals surface area contributed by atoms with E-state index in [4.69, 9.17) is 9.47 Å². The summed E-state index contributed by atoms with van der Waals surface area (Å²) in [5, 5.41) is 14.7.